The summed E-state index contributed by atoms with van der Waals surface area (Å²) in [6.45, 7) is 0.590. The fourth-order valence-electron chi connectivity index (χ4n) is 3.19. The van der Waals surface area contributed by atoms with Gasteiger partial charge in [-0.2, -0.15) is 5.10 Å². The van der Waals surface area contributed by atoms with E-state index in [1.807, 2.05) is 24.3 Å². The van der Waals surface area contributed by atoms with Crippen LogP contribution in [-0.2, 0) is 26.4 Å². The molecule has 182 valence electrons. The number of aromatic nitrogens is 5. The molecule has 0 unspecified atom stereocenters. The number of nitrogens with zero attached hydrogens (tertiary/aromatic N) is 5. The first-order valence-electron chi connectivity index (χ1n) is 10.2. The summed E-state index contributed by atoms with van der Waals surface area (Å²) >= 11 is 0. The van der Waals surface area contributed by atoms with Crippen molar-refractivity contribution in [2.45, 2.75) is 16.3 Å². The highest BCUT2D eigenvalue weighted by molar-refractivity contribution is 7.91. The highest BCUT2D eigenvalue weighted by Gasteiger charge is 2.19. The predicted octanol–water partition coefficient (Wildman–Crippen LogP) is 1.92. The number of anilines is 4. The number of sulfone groups is 1. The molecule has 0 aliphatic carbocycles. The van der Waals surface area contributed by atoms with Crippen LogP contribution in [0.15, 0.2) is 77.3 Å². The van der Waals surface area contributed by atoms with E-state index in [2.05, 4.69) is 35.4 Å². The third-order valence-electron chi connectivity index (χ3n) is 4.90. The van der Waals surface area contributed by atoms with Crippen LogP contribution in [0.3, 0.4) is 0 Å². The topological polar surface area (TPSA) is 161 Å². The number of sulfonamides is 1. The van der Waals surface area contributed by atoms with Gasteiger partial charge >= 0.3 is 0 Å². The summed E-state index contributed by atoms with van der Waals surface area (Å²) in [6.07, 6.45) is 5.46. The molecular formula is C21H22N8O4S2. The van der Waals surface area contributed by atoms with Crippen molar-refractivity contribution in [1.82, 2.24) is 29.5 Å². The van der Waals surface area contributed by atoms with Crippen LogP contribution < -0.4 is 15.4 Å². The molecule has 0 fully saturated rings. The van der Waals surface area contributed by atoms with Crippen molar-refractivity contribution in [3.63, 3.8) is 0 Å². The van der Waals surface area contributed by atoms with Gasteiger partial charge in [0.25, 0.3) is 0 Å². The Hall–Kier alpha value is -3.88. The first-order valence-corrected chi connectivity index (χ1v) is 13.6. The van der Waals surface area contributed by atoms with Crippen LogP contribution in [-0.4, -0.2) is 54.9 Å². The zero-order valence-corrected chi connectivity index (χ0v) is 20.4. The van der Waals surface area contributed by atoms with Crippen molar-refractivity contribution in [3.8, 4) is 0 Å². The number of benzene rings is 2. The number of rotatable bonds is 9. The lowest BCUT2D eigenvalue weighted by molar-refractivity contribution is 0.587. The molecule has 14 heteroatoms. The average Bonchev–Trinajstić information content (AvgIpc) is 3.33. The molecule has 35 heavy (non-hydrogen) atoms. The van der Waals surface area contributed by atoms with Gasteiger partial charge in [0.05, 0.1) is 22.0 Å². The molecule has 0 aliphatic rings. The fraction of sp³-hybridized carbons (Fsp3) is 0.143. The predicted molar refractivity (Wildman–Crippen MR) is 130 cm³/mol. The van der Waals surface area contributed by atoms with E-state index < -0.39 is 19.9 Å². The quantitative estimate of drug-likeness (QED) is 0.301. The summed E-state index contributed by atoms with van der Waals surface area (Å²) in [5, 5.41) is 10.1. The molecule has 2 aromatic carbocycles. The van der Waals surface area contributed by atoms with Crippen LogP contribution in [0.1, 0.15) is 5.56 Å². The maximum absolute atomic E-state index is 12.3. The van der Waals surface area contributed by atoms with Crippen LogP contribution in [0.4, 0.5) is 23.0 Å². The van der Waals surface area contributed by atoms with E-state index in [4.69, 9.17) is 0 Å². The van der Waals surface area contributed by atoms with Crippen LogP contribution in [0, 0.1) is 0 Å². The Kier molecular flexibility index (Phi) is 6.77. The second-order valence-electron chi connectivity index (χ2n) is 7.47. The van der Waals surface area contributed by atoms with Gasteiger partial charge in [-0.3, -0.25) is 0 Å². The molecule has 0 atom stereocenters. The number of nitrogens with one attached hydrogen (secondary N) is 3. The lowest BCUT2D eigenvalue weighted by Crippen LogP contribution is -2.19. The SMILES string of the molecule is CNS(=O)(=O)c1ccc(S(C)(=O)=O)c(Nc2cc(Nc3ccc(Cn4cncn4)cc3)ncn2)c1. The third kappa shape index (κ3) is 5.98. The fourth-order valence-corrected chi connectivity index (χ4v) is 4.77. The Morgan fingerprint density at radius 3 is 2.23 bits per heavy atom. The van der Waals surface area contributed by atoms with E-state index in [-0.39, 0.29) is 21.3 Å². The van der Waals surface area contributed by atoms with Crippen molar-refractivity contribution >= 4 is 42.9 Å². The van der Waals surface area contributed by atoms with E-state index >= 15 is 0 Å². The Labute approximate surface area is 202 Å². The van der Waals surface area contributed by atoms with Gasteiger partial charge in [0.15, 0.2) is 9.84 Å². The smallest absolute Gasteiger partial charge is 0.240 e. The van der Waals surface area contributed by atoms with E-state index in [9.17, 15) is 16.8 Å². The maximum Gasteiger partial charge on any atom is 0.240 e. The molecule has 3 N–H and O–H groups in total. The first kappa shape index (κ1) is 24.3. The molecule has 0 amide bonds. The molecule has 0 saturated carbocycles. The summed E-state index contributed by atoms with van der Waals surface area (Å²) in [6, 6.07) is 12.9. The summed E-state index contributed by atoms with van der Waals surface area (Å²) < 4.78 is 52.8. The van der Waals surface area contributed by atoms with Crippen molar-refractivity contribution in [1.29, 1.82) is 0 Å². The second kappa shape index (κ2) is 9.77. The standard InChI is InChI=1S/C21H22N8O4S2/c1-22-35(32,33)17-7-8-19(34(2,30)31)18(9-17)28-21-10-20(24-13-25-21)27-16-5-3-15(4-6-16)11-29-14-23-12-26-29/h3-10,12-14,22H,11H2,1-2H3,(H2,24,25,27,28). The van der Waals surface area contributed by atoms with Gasteiger partial charge in [0, 0.05) is 18.0 Å². The largest absolute Gasteiger partial charge is 0.340 e. The van der Waals surface area contributed by atoms with Crippen molar-refractivity contribution in [2.24, 2.45) is 0 Å². The summed E-state index contributed by atoms with van der Waals surface area (Å²) in [7, 11) is -6.16. The second-order valence-corrected chi connectivity index (χ2v) is 11.3. The zero-order valence-electron chi connectivity index (χ0n) is 18.7. The van der Waals surface area contributed by atoms with Crippen LogP contribution in [0.5, 0.6) is 0 Å². The molecule has 0 aliphatic heterocycles. The van der Waals surface area contributed by atoms with E-state index in [1.54, 1.807) is 17.1 Å². The summed E-state index contributed by atoms with van der Waals surface area (Å²) in [5.74, 6) is 0.723. The van der Waals surface area contributed by atoms with Crippen molar-refractivity contribution < 1.29 is 16.8 Å². The molecule has 0 saturated heterocycles. The minimum atomic E-state index is -3.78. The molecule has 0 spiro atoms. The lowest BCUT2D eigenvalue weighted by Gasteiger charge is -2.13. The van der Waals surface area contributed by atoms with Crippen molar-refractivity contribution in [3.05, 3.63) is 73.1 Å². The third-order valence-corrected chi connectivity index (χ3v) is 7.46. The van der Waals surface area contributed by atoms with E-state index in [1.165, 1.54) is 37.9 Å². The van der Waals surface area contributed by atoms with Crippen LogP contribution in [0.25, 0.3) is 0 Å². The first-order chi connectivity index (χ1) is 16.6. The van der Waals surface area contributed by atoms with Gasteiger partial charge < -0.3 is 10.6 Å². The van der Waals surface area contributed by atoms with Crippen molar-refractivity contribution in [2.75, 3.05) is 23.9 Å². The lowest BCUT2D eigenvalue weighted by atomic mass is 10.2. The van der Waals surface area contributed by atoms with Gasteiger partial charge in [0.1, 0.15) is 30.6 Å². The monoisotopic (exact) mass is 514 g/mol. The molecule has 4 rings (SSSR count). The van der Waals surface area contributed by atoms with Gasteiger partial charge in [-0.15, -0.1) is 0 Å². The number of hydrogen-bond acceptors (Lipinski definition) is 10. The molecule has 2 aromatic heterocycles. The molecule has 2 heterocycles. The van der Waals surface area contributed by atoms with Crippen LogP contribution in [0.2, 0.25) is 0 Å². The Morgan fingerprint density at radius 1 is 0.886 bits per heavy atom. The minimum absolute atomic E-state index is 0.0661. The zero-order chi connectivity index (χ0) is 25.1. The van der Waals surface area contributed by atoms with Crippen LogP contribution >= 0.6 is 0 Å². The number of hydrogen-bond donors (Lipinski definition) is 3. The average molecular weight is 515 g/mol. The Morgan fingerprint density at radius 2 is 1.60 bits per heavy atom. The summed E-state index contributed by atoms with van der Waals surface area (Å²) in [5.41, 5.74) is 1.89. The van der Waals surface area contributed by atoms with Gasteiger partial charge in [-0.25, -0.2) is 41.2 Å². The molecule has 0 bridgehead atoms. The van der Waals surface area contributed by atoms with Gasteiger partial charge in [0.2, 0.25) is 10.0 Å². The molecule has 12 nitrogen and oxygen atoms in total. The Balaban J connectivity index is 1.56. The van der Waals surface area contributed by atoms with Gasteiger partial charge in [-0.05, 0) is 42.9 Å². The highest BCUT2D eigenvalue weighted by Crippen LogP contribution is 2.28. The minimum Gasteiger partial charge on any atom is -0.340 e. The van der Waals surface area contributed by atoms with Gasteiger partial charge in [-0.1, -0.05) is 12.1 Å². The molecule has 0 radical (unpaired) electrons. The molecule has 4 aromatic rings. The molecular weight excluding hydrogens is 492 g/mol. The highest BCUT2D eigenvalue weighted by atomic mass is 32.2. The van der Waals surface area contributed by atoms with E-state index in [0.717, 1.165) is 17.5 Å². The normalized spacial score (nSPS) is 11.8. The van der Waals surface area contributed by atoms with E-state index in [0.29, 0.717) is 12.4 Å². The maximum atomic E-state index is 12.3. The summed E-state index contributed by atoms with van der Waals surface area (Å²) in [4.78, 5) is 12.1. The Bertz CT molecular complexity index is 1540.